The van der Waals surface area contributed by atoms with E-state index in [1.54, 1.807) is 6.20 Å². The van der Waals surface area contributed by atoms with Crippen molar-refractivity contribution in [2.24, 2.45) is 0 Å². The summed E-state index contributed by atoms with van der Waals surface area (Å²) in [5, 5.41) is 0. The molecule has 144 valence electrons. The van der Waals surface area contributed by atoms with E-state index in [-0.39, 0.29) is 5.91 Å². The molecule has 1 aromatic heterocycles. The van der Waals surface area contributed by atoms with Gasteiger partial charge in [-0.1, -0.05) is 67.1 Å². The Kier molecular flexibility index (Phi) is 6.96. The number of carbonyl (C=O) groups excluding carboxylic acids is 1. The number of pyridine rings is 1. The van der Waals surface area contributed by atoms with Gasteiger partial charge in [0.05, 0.1) is 0 Å². The Morgan fingerprint density at radius 2 is 1.50 bits per heavy atom. The predicted molar refractivity (Wildman–Crippen MR) is 114 cm³/mol. The lowest BCUT2D eigenvalue weighted by molar-refractivity contribution is -0.132. The van der Waals surface area contributed by atoms with E-state index in [1.165, 1.54) is 16.7 Å². The molecular weight excluding hydrogens is 344 g/mol. The Morgan fingerprint density at radius 1 is 0.857 bits per heavy atom. The number of benzene rings is 2. The van der Waals surface area contributed by atoms with E-state index in [0.717, 1.165) is 24.0 Å². The summed E-state index contributed by atoms with van der Waals surface area (Å²) in [5.74, 6) is 0.170. The van der Waals surface area contributed by atoms with Gasteiger partial charge in [-0.05, 0) is 48.1 Å². The van der Waals surface area contributed by atoms with Gasteiger partial charge in [0.2, 0.25) is 5.91 Å². The molecule has 3 nitrogen and oxygen atoms in total. The molecule has 0 aliphatic carbocycles. The highest BCUT2D eigenvalue weighted by Crippen LogP contribution is 2.14. The summed E-state index contributed by atoms with van der Waals surface area (Å²) in [5.41, 5.74) is 5.96. The minimum Gasteiger partial charge on any atom is -0.334 e. The third kappa shape index (κ3) is 5.78. The maximum absolute atomic E-state index is 13.0. The van der Waals surface area contributed by atoms with Crippen molar-refractivity contribution < 1.29 is 4.79 Å². The van der Waals surface area contributed by atoms with Gasteiger partial charge < -0.3 is 4.90 Å². The molecule has 0 saturated heterocycles. The second-order valence-corrected chi connectivity index (χ2v) is 7.27. The number of hydrogen-bond donors (Lipinski definition) is 0. The molecule has 3 heteroatoms. The fourth-order valence-corrected chi connectivity index (χ4v) is 3.21. The van der Waals surface area contributed by atoms with E-state index in [1.807, 2.05) is 23.2 Å². The highest BCUT2D eigenvalue weighted by atomic mass is 16.2. The summed E-state index contributed by atoms with van der Waals surface area (Å²) >= 11 is 0. The van der Waals surface area contributed by atoms with Crippen LogP contribution in [0.2, 0.25) is 0 Å². The van der Waals surface area contributed by atoms with Crippen LogP contribution in [0.15, 0.2) is 73.1 Å². The third-order valence-electron chi connectivity index (χ3n) is 5.00. The molecule has 0 unspecified atom stereocenters. The maximum atomic E-state index is 13.0. The van der Waals surface area contributed by atoms with Crippen molar-refractivity contribution in [2.75, 3.05) is 0 Å². The third-order valence-corrected chi connectivity index (χ3v) is 5.00. The Bertz CT molecular complexity index is 871. The summed E-state index contributed by atoms with van der Waals surface area (Å²) in [6.07, 6.45) is 5.89. The molecule has 0 spiro atoms. The van der Waals surface area contributed by atoms with Crippen LogP contribution >= 0.6 is 0 Å². The molecule has 28 heavy (non-hydrogen) atoms. The average Bonchev–Trinajstić information content (AvgIpc) is 2.74. The Balaban J connectivity index is 1.70. The molecule has 1 amide bonds. The number of amides is 1. The lowest BCUT2D eigenvalue weighted by atomic mass is 10.1. The molecule has 0 bridgehead atoms. The van der Waals surface area contributed by atoms with E-state index >= 15 is 0 Å². The second-order valence-electron chi connectivity index (χ2n) is 7.27. The van der Waals surface area contributed by atoms with Gasteiger partial charge in [-0.2, -0.15) is 0 Å². The quantitative estimate of drug-likeness (QED) is 0.550. The molecule has 0 radical (unpaired) electrons. The summed E-state index contributed by atoms with van der Waals surface area (Å²) < 4.78 is 0. The van der Waals surface area contributed by atoms with Gasteiger partial charge >= 0.3 is 0 Å². The van der Waals surface area contributed by atoms with Crippen LogP contribution in [-0.4, -0.2) is 15.8 Å². The number of aryl methyl sites for hydroxylation is 3. The minimum absolute atomic E-state index is 0.170. The van der Waals surface area contributed by atoms with Crippen molar-refractivity contribution in [3.05, 3.63) is 101 Å². The van der Waals surface area contributed by atoms with Crippen LogP contribution in [0.1, 0.15) is 41.2 Å². The molecule has 3 rings (SSSR count). The smallest absolute Gasteiger partial charge is 0.223 e. The number of rotatable bonds is 8. The van der Waals surface area contributed by atoms with E-state index in [4.69, 9.17) is 0 Å². The van der Waals surface area contributed by atoms with Crippen LogP contribution in [0, 0.1) is 6.92 Å². The van der Waals surface area contributed by atoms with Crippen molar-refractivity contribution in [3.63, 3.8) is 0 Å². The van der Waals surface area contributed by atoms with Crippen LogP contribution in [-0.2, 0) is 30.7 Å². The Morgan fingerprint density at radius 3 is 2.14 bits per heavy atom. The maximum Gasteiger partial charge on any atom is 0.223 e. The largest absolute Gasteiger partial charge is 0.334 e. The van der Waals surface area contributed by atoms with Crippen molar-refractivity contribution >= 4 is 5.91 Å². The van der Waals surface area contributed by atoms with Gasteiger partial charge in [-0.15, -0.1) is 0 Å². The first-order chi connectivity index (χ1) is 13.6. The Labute approximate surface area is 168 Å². The van der Waals surface area contributed by atoms with Gasteiger partial charge in [0.15, 0.2) is 0 Å². The zero-order valence-electron chi connectivity index (χ0n) is 16.8. The van der Waals surface area contributed by atoms with Crippen LogP contribution in [0.5, 0.6) is 0 Å². The first-order valence-electron chi connectivity index (χ1n) is 9.94. The average molecular weight is 373 g/mol. The first-order valence-corrected chi connectivity index (χ1v) is 9.94. The highest BCUT2D eigenvalue weighted by Gasteiger charge is 2.15. The molecule has 0 saturated carbocycles. The van der Waals surface area contributed by atoms with Crippen LogP contribution in [0.4, 0.5) is 0 Å². The van der Waals surface area contributed by atoms with E-state index < -0.39 is 0 Å². The normalized spacial score (nSPS) is 10.6. The van der Waals surface area contributed by atoms with Crippen LogP contribution < -0.4 is 0 Å². The first kappa shape index (κ1) is 19.8. The molecule has 0 N–H and O–H groups in total. The lowest BCUT2D eigenvalue weighted by Crippen LogP contribution is -2.30. The monoisotopic (exact) mass is 372 g/mol. The zero-order chi connectivity index (χ0) is 19.8. The van der Waals surface area contributed by atoms with Crippen molar-refractivity contribution in [3.8, 4) is 0 Å². The number of nitrogens with zero attached hydrogens (tertiary/aromatic N) is 2. The van der Waals surface area contributed by atoms with E-state index in [0.29, 0.717) is 19.5 Å². The molecule has 0 fully saturated rings. The summed E-state index contributed by atoms with van der Waals surface area (Å²) in [6, 6.07) is 20.9. The zero-order valence-corrected chi connectivity index (χ0v) is 16.8. The van der Waals surface area contributed by atoms with Crippen LogP contribution in [0.3, 0.4) is 0 Å². The second kappa shape index (κ2) is 9.84. The van der Waals surface area contributed by atoms with Crippen LogP contribution in [0.25, 0.3) is 0 Å². The van der Waals surface area contributed by atoms with Gasteiger partial charge in [0.1, 0.15) is 0 Å². The number of carbonyl (C=O) groups is 1. The van der Waals surface area contributed by atoms with Crippen molar-refractivity contribution in [1.29, 1.82) is 0 Å². The van der Waals surface area contributed by atoms with Gasteiger partial charge in [0, 0.05) is 31.9 Å². The molecule has 0 atom stereocenters. The molecule has 1 heterocycles. The summed E-state index contributed by atoms with van der Waals surface area (Å²) in [6.45, 7) is 5.43. The summed E-state index contributed by atoms with van der Waals surface area (Å²) in [7, 11) is 0. The van der Waals surface area contributed by atoms with E-state index in [2.05, 4.69) is 67.4 Å². The van der Waals surface area contributed by atoms with Crippen molar-refractivity contribution in [2.45, 2.75) is 46.2 Å². The highest BCUT2D eigenvalue weighted by molar-refractivity contribution is 5.76. The summed E-state index contributed by atoms with van der Waals surface area (Å²) in [4.78, 5) is 19.1. The molecule has 3 aromatic rings. The number of hydrogen-bond acceptors (Lipinski definition) is 2. The Hall–Kier alpha value is -2.94. The lowest BCUT2D eigenvalue weighted by Gasteiger charge is -2.23. The van der Waals surface area contributed by atoms with E-state index in [9.17, 15) is 4.79 Å². The number of aromatic nitrogens is 1. The minimum atomic E-state index is 0.170. The molecular formula is C25H28N2O. The fraction of sp³-hybridized carbons (Fsp3) is 0.280. The molecule has 0 aliphatic rings. The fourth-order valence-electron chi connectivity index (χ4n) is 3.21. The van der Waals surface area contributed by atoms with Gasteiger partial charge in [-0.25, -0.2) is 0 Å². The molecule has 0 aliphatic heterocycles. The van der Waals surface area contributed by atoms with Crippen molar-refractivity contribution in [1.82, 2.24) is 9.88 Å². The standard InChI is InChI=1S/C25H28N2O/c1-3-21-10-12-23(13-11-21)18-27(19-24-5-4-16-26-17-24)25(28)15-14-22-8-6-20(2)7-9-22/h4-13,16-17H,3,14-15,18-19H2,1-2H3. The topological polar surface area (TPSA) is 33.2 Å². The van der Waals surface area contributed by atoms with Gasteiger partial charge in [-0.3, -0.25) is 9.78 Å². The predicted octanol–water partition coefficient (Wildman–Crippen LogP) is 5.11. The SMILES string of the molecule is CCc1ccc(CN(Cc2cccnc2)C(=O)CCc2ccc(C)cc2)cc1. The molecule has 2 aromatic carbocycles. The van der Waals surface area contributed by atoms with Gasteiger partial charge in [0.25, 0.3) is 0 Å².